The van der Waals surface area contributed by atoms with Crippen LogP contribution in [0.5, 0.6) is 0 Å². The summed E-state index contributed by atoms with van der Waals surface area (Å²) < 4.78 is 36.1. The van der Waals surface area contributed by atoms with Crippen molar-refractivity contribution in [3.8, 4) is 0 Å². The third-order valence-corrected chi connectivity index (χ3v) is 8.73. The van der Waals surface area contributed by atoms with Crippen LogP contribution in [0.15, 0.2) is 89.3 Å². The summed E-state index contributed by atoms with van der Waals surface area (Å²) in [7, 11) is -2.71. The molecule has 3 aromatic carbocycles. The van der Waals surface area contributed by atoms with Crippen molar-refractivity contribution >= 4 is 33.3 Å². The molecule has 0 saturated carbocycles. The fourth-order valence-corrected chi connectivity index (χ4v) is 7.04. The zero-order valence-corrected chi connectivity index (χ0v) is 22.9. The van der Waals surface area contributed by atoms with Gasteiger partial charge < -0.3 is 9.64 Å². The first kappa shape index (κ1) is 25.7. The number of carbonyl (C=O) groups is 2. The van der Waals surface area contributed by atoms with Crippen molar-refractivity contribution in [1.29, 1.82) is 0 Å². The number of amides is 1. The van der Waals surface area contributed by atoms with E-state index in [1.54, 1.807) is 88.5 Å². The minimum Gasteiger partial charge on any atom is -0.457 e. The third-order valence-electron chi connectivity index (χ3n) is 6.89. The van der Waals surface area contributed by atoms with Gasteiger partial charge in [-0.25, -0.2) is 17.5 Å². The van der Waals surface area contributed by atoms with E-state index in [2.05, 4.69) is 0 Å². The lowest BCUT2D eigenvalue weighted by Crippen LogP contribution is -2.51. The van der Waals surface area contributed by atoms with Crippen molar-refractivity contribution in [2.24, 2.45) is 0 Å². The maximum absolute atomic E-state index is 14.6. The highest BCUT2D eigenvalue weighted by Gasteiger charge is 2.63. The number of fused-ring (bicyclic) bond motifs is 2. The number of sulfonamides is 1. The molecule has 1 atom stereocenters. The molecule has 196 valence electrons. The fourth-order valence-electron chi connectivity index (χ4n) is 5.25. The van der Waals surface area contributed by atoms with Gasteiger partial charge in [-0.05, 0) is 51.5 Å². The Labute approximate surface area is 223 Å². The number of esters is 1. The Kier molecular flexibility index (Phi) is 5.98. The van der Waals surface area contributed by atoms with E-state index in [1.165, 1.54) is 21.3 Å². The molecule has 0 N–H and O–H groups in total. The first-order valence-electron chi connectivity index (χ1n) is 12.4. The Morgan fingerprint density at radius 2 is 1.53 bits per heavy atom. The fraction of sp³-hybridized carbons (Fsp3) is 0.267. The SMILES string of the molecule is Cc1ccc(S(=O)(=O)N2C(c3ccccc3)=C(C(=O)OC(C)(C)C)CC23C(=O)N(C)c2ccccc23)cc1. The number of aryl methyl sites for hydroxylation is 1. The van der Waals surface area contributed by atoms with E-state index < -0.39 is 33.0 Å². The second-order valence-corrected chi connectivity index (χ2v) is 12.5. The van der Waals surface area contributed by atoms with Crippen LogP contribution in [0.1, 0.15) is 43.9 Å². The first-order valence-corrected chi connectivity index (χ1v) is 13.8. The maximum atomic E-state index is 14.6. The number of likely N-dealkylation sites (N-methyl/N-ethyl adjacent to an activating group) is 1. The molecular formula is C30H30N2O5S. The van der Waals surface area contributed by atoms with Crippen LogP contribution < -0.4 is 4.90 Å². The van der Waals surface area contributed by atoms with Crippen LogP contribution in [0, 0.1) is 6.92 Å². The summed E-state index contributed by atoms with van der Waals surface area (Å²) in [4.78, 5) is 29.4. The van der Waals surface area contributed by atoms with Crippen LogP contribution in [0.2, 0.25) is 0 Å². The average Bonchev–Trinajstić information content (AvgIpc) is 3.35. The van der Waals surface area contributed by atoms with Gasteiger partial charge in [-0.3, -0.25) is 4.79 Å². The number of rotatable bonds is 4. The van der Waals surface area contributed by atoms with Gasteiger partial charge in [0.15, 0.2) is 5.54 Å². The Hall–Kier alpha value is -3.91. The van der Waals surface area contributed by atoms with E-state index in [1.807, 2.05) is 13.0 Å². The Morgan fingerprint density at radius 1 is 0.921 bits per heavy atom. The van der Waals surface area contributed by atoms with Gasteiger partial charge in [-0.2, -0.15) is 0 Å². The van der Waals surface area contributed by atoms with Gasteiger partial charge in [-0.15, -0.1) is 0 Å². The highest BCUT2D eigenvalue weighted by molar-refractivity contribution is 7.89. The smallest absolute Gasteiger partial charge is 0.336 e. The molecule has 1 unspecified atom stereocenters. The summed E-state index contributed by atoms with van der Waals surface area (Å²) in [5, 5.41) is 0. The quantitative estimate of drug-likeness (QED) is 0.443. The zero-order valence-electron chi connectivity index (χ0n) is 22.1. The molecule has 1 amide bonds. The Morgan fingerprint density at radius 3 is 2.16 bits per heavy atom. The van der Waals surface area contributed by atoms with Gasteiger partial charge >= 0.3 is 5.97 Å². The van der Waals surface area contributed by atoms with Crippen molar-refractivity contribution in [3.05, 3.63) is 101 Å². The molecule has 0 aromatic heterocycles. The molecule has 0 aliphatic carbocycles. The number of anilines is 1. The first-order chi connectivity index (χ1) is 17.9. The molecule has 1 spiro atoms. The topological polar surface area (TPSA) is 84.0 Å². The van der Waals surface area contributed by atoms with Gasteiger partial charge in [0, 0.05) is 24.7 Å². The number of hydrogen-bond acceptors (Lipinski definition) is 5. The number of benzene rings is 3. The molecular weight excluding hydrogens is 500 g/mol. The summed E-state index contributed by atoms with van der Waals surface area (Å²) in [5.41, 5.74) is 0.299. The summed E-state index contributed by atoms with van der Waals surface area (Å²) in [5.74, 6) is -1.08. The maximum Gasteiger partial charge on any atom is 0.336 e. The van der Waals surface area contributed by atoms with Crippen LogP contribution in [0.25, 0.3) is 5.70 Å². The Bertz CT molecular complexity index is 1570. The second kappa shape index (κ2) is 8.84. The largest absolute Gasteiger partial charge is 0.457 e. The average molecular weight is 531 g/mol. The number of nitrogens with zero attached hydrogens (tertiary/aromatic N) is 2. The van der Waals surface area contributed by atoms with Gasteiger partial charge in [0.25, 0.3) is 15.9 Å². The summed E-state index contributed by atoms with van der Waals surface area (Å²) in [6, 6.07) is 22.4. The molecule has 0 bridgehead atoms. The Balaban J connectivity index is 1.86. The summed E-state index contributed by atoms with van der Waals surface area (Å²) in [6.45, 7) is 7.13. The highest BCUT2D eigenvalue weighted by Crippen LogP contribution is 2.57. The molecule has 2 heterocycles. The molecule has 5 rings (SSSR count). The molecule has 8 heteroatoms. The predicted molar refractivity (Wildman–Crippen MR) is 146 cm³/mol. The van der Waals surface area contributed by atoms with E-state index in [0.717, 1.165) is 5.56 Å². The molecule has 0 saturated heterocycles. The van der Waals surface area contributed by atoms with Gasteiger partial charge in [0.05, 0.1) is 16.2 Å². The van der Waals surface area contributed by atoms with Gasteiger partial charge in [0.2, 0.25) is 0 Å². The molecule has 38 heavy (non-hydrogen) atoms. The van der Waals surface area contributed by atoms with Crippen LogP contribution in [-0.4, -0.2) is 37.2 Å². The number of hydrogen-bond donors (Lipinski definition) is 0. The minimum absolute atomic E-state index is 0.0289. The lowest BCUT2D eigenvalue weighted by atomic mass is 9.87. The van der Waals surface area contributed by atoms with Crippen molar-refractivity contribution in [1.82, 2.24) is 4.31 Å². The van der Waals surface area contributed by atoms with Crippen molar-refractivity contribution in [2.75, 3.05) is 11.9 Å². The zero-order chi connectivity index (χ0) is 27.5. The normalized spacial score (nSPS) is 19.3. The van der Waals surface area contributed by atoms with Gasteiger partial charge in [-0.1, -0.05) is 66.2 Å². The lowest BCUT2D eigenvalue weighted by molar-refractivity contribution is -0.150. The molecule has 7 nitrogen and oxygen atoms in total. The molecule has 2 aliphatic rings. The summed E-state index contributed by atoms with van der Waals surface area (Å²) >= 11 is 0. The van der Waals surface area contributed by atoms with E-state index in [4.69, 9.17) is 4.74 Å². The van der Waals surface area contributed by atoms with E-state index >= 15 is 0 Å². The molecule has 0 radical (unpaired) electrons. The highest BCUT2D eigenvalue weighted by atomic mass is 32.2. The van der Waals surface area contributed by atoms with Crippen molar-refractivity contribution in [2.45, 2.75) is 50.2 Å². The minimum atomic E-state index is -4.33. The monoisotopic (exact) mass is 530 g/mol. The van der Waals surface area contributed by atoms with E-state index in [-0.39, 0.29) is 22.6 Å². The molecule has 2 aliphatic heterocycles. The number of para-hydroxylation sites is 1. The molecule has 0 fully saturated rings. The standard InChI is InChI=1S/C30H30N2O5S/c1-20-15-17-22(18-16-20)38(35,36)32-26(21-11-7-6-8-12-21)23(27(33)37-29(2,3)4)19-30(32)24-13-9-10-14-25(24)31(5)28(30)34/h6-18H,19H2,1-5H3. The number of ether oxygens (including phenoxy) is 1. The number of carbonyl (C=O) groups excluding carboxylic acids is 2. The second-order valence-electron chi connectivity index (χ2n) is 10.7. The predicted octanol–water partition coefficient (Wildman–Crippen LogP) is 5.01. The van der Waals surface area contributed by atoms with Crippen molar-refractivity contribution in [3.63, 3.8) is 0 Å². The third kappa shape index (κ3) is 3.91. The van der Waals surface area contributed by atoms with E-state index in [0.29, 0.717) is 16.8 Å². The van der Waals surface area contributed by atoms with Gasteiger partial charge in [0.1, 0.15) is 5.60 Å². The van der Waals surface area contributed by atoms with Crippen LogP contribution >= 0.6 is 0 Å². The van der Waals surface area contributed by atoms with E-state index in [9.17, 15) is 18.0 Å². The van der Waals surface area contributed by atoms with Crippen LogP contribution in [0.4, 0.5) is 5.69 Å². The lowest BCUT2D eigenvalue weighted by Gasteiger charge is -2.36. The van der Waals surface area contributed by atoms with Crippen LogP contribution in [-0.2, 0) is 29.9 Å². The van der Waals surface area contributed by atoms with Crippen molar-refractivity contribution < 1.29 is 22.7 Å². The van der Waals surface area contributed by atoms with Crippen LogP contribution in [0.3, 0.4) is 0 Å². The molecule has 3 aromatic rings. The summed E-state index contributed by atoms with van der Waals surface area (Å²) in [6.07, 6.45) is -0.155.